The molecule has 1 saturated heterocycles. The van der Waals surface area contributed by atoms with Gasteiger partial charge in [0.1, 0.15) is 11.6 Å². The van der Waals surface area contributed by atoms with Crippen molar-refractivity contribution in [2.75, 3.05) is 12.3 Å². The first kappa shape index (κ1) is 27.6. The molecule has 0 spiro atoms. The molecule has 2 aliphatic rings. The second kappa shape index (κ2) is 12.7. The zero-order chi connectivity index (χ0) is 24.6. The first-order chi connectivity index (χ1) is 15.6. The maximum Gasteiger partial charge on any atom is 0.247 e. The molecule has 3 amide bonds. The lowest BCUT2D eigenvalue weighted by Crippen LogP contribution is -2.65. The van der Waals surface area contributed by atoms with E-state index in [1.807, 2.05) is 13.8 Å². The van der Waals surface area contributed by atoms with Crippen molar-refractivity contribution in [2.45, 2.75) is 102 Å². The molecule has 0 radical (unpaired) electrons. The van der Waals surface area contributed by atoms with Crippen LogP contribution in [0.25, 0.3) is 0 Å². The molecule has 1 heterocycles. The Morgan fingerprint density at radius 1 is 1.09 bits per heavy atom. The van der Waals surface area contributed by atoms with Gasteiger partial charge in [0.05, 0.1) is 6.04 Å². The van der Waals surface area contributed by atoms with E-state index in [0.717, 1.165) is 31.4 Å². The minimum atomic E-state index is -1.13. The van der Waals surface area contributed by atoms with Gasteiger partial charge in [0, 0.05) is 17.4 Å². The summed E-state index contributed by atoms with van der Waals surface area (Å²) in [5.74, 6) is 0.0318. The average Bonchev–Trinajstić information content (AvgIpc) is 3.62. The van der Waals surface area contributed by atoms with Crippen molar-refractivity contribution in [1.82, 2.24) is 16.0 Å². The standard InChI is InChI=1S/C24H42N4O4S/c1-5-20(30)28-24(11-12-25,19-14-33-19)23(32)26-18(13-17-9-7-6-8-10-17)22(31)27-21(15(2)3)16(4)29/h15,17-19,21H,5-14,25H2,1-4H3,(H,26,32)(H,27,31)(H,28,30)/t18-,19?,21-,24?/m0/s1. The molecular weight excluding hydrogens is 440 g/mol. The van der Waals surface area contributed by atoms with Gasteiger partial charge in [-0.05, 0) is 38.1 Å². The fourth-order valence-corrected chi connectivity index (χ4v) is 5.73. The monoisotopic (exact) mass is 482 g/mol. The number of thioether (sulfide) groups is 1. The summed E-state index contributed by atoms with van der Waals surface area (Å²) in [6, 6.07) is -1.36. The van der Waals surface area contributed by atoms with Crippen LogP contribution in [0.1, 0.15) is 79.1 Å². The Morgan fingerprint density at radius 2 is 1.73 bits per heavy atom. The van der Waals surface area contributed by atoms with Crippen molar-refractivity contribution in [1.29, 1.82) is 0 Å². The van der Waals surface area contributed by atoms with Gasteiger partial charge in [-0.2, -0.15) is 11.8 Å². The molecule has 0 aromatic rings. The van der Waals surface area contributed by atoms with Crippen molar-refractivity contribution in [3.8, 4) is 0 Å². The maximum atomic E-state index is 13.7. The lowest BCUT2D eigenvalue weighted by atomic mass is 9.83. The fourth-order valence-electron chi connectivity index (χ4n) is 4.78. The molecule has 2 unspecified atom stereocenters. The molecular formula is C24H42N4O4S. The van der Waals surface area contributed by atoms with Crippen LogP contribution in [0.15, 0.2) is 0 Å². The van der Waals surface area contributed by atoms with Gasteiger partial charge in [-0.1, -0.05) is 52.9 Å². The third kappa shape index (κ3) is 7.70. The van der Waals surface area contributed by atoms with Crippen LogP contribution in [0.3, 0.4) is 0 Å². The van der Waals surface area contributed by atoms with Gasteiger partial charge in [0.25, 0.3) is 0 Å². The lowest BCUT2D eigenvalue weighted by molar-refractivity contribution is -0.137. The predicted octanol–water partition coefficient (Wildman–Crippen LogP) is 1.90. The lowest BCUT2D eigenvalue weighted by Gasteiger charge is -2.35. The fraction of sp³-hybridized carbons (Fsp3) is 0.833. The minimum Gasteiger partial charge on any atom is -0.344 e. The van der Waals surface area contributed by atoms with E-state index in [1.165, 1.54) is 13.3 Å². The Labute approximate surface area is 202 Å². The third-order valence-corrected chi connectivity index (χ3v) is 7.90. The Kier molecular flexibility index (Phi) is 10.7. The number of amides is 3. The van der Waals surface area contributed by atoms with Crippen molar-refractivity contribution in [3.05, 3.63) is 0 Å². The van der Waals surface area contributed by atoms with Crippen LogP contribution in [0.2, 0.25) is 0 Å². The van der Waals surface area contributed by atoms with Crippen molar-refractivity contribution in [2.24, 2.45) is 17.6 Å². The quantitative estimate of drug-likeness (QED) is 0.297. The molecule has 188 valence electrons. The number of hydrogen-bond acceptors (Lipinski definition) is 6. The Morgan fingerprint density at radius 3 is 2.21 bits per heavy atom. The maximum absolute atomic E-state index is 13.7. The summed E-state index contributed by atoms with van der Waals surface area (Å²) >= 11 is 1.61. The highest BCUT2D eigenvalue weighted by Crippen LogP contribution is 2.41. The van der Waals surface area contributed by atoms with Crippen LogP contribution in [0.5, 0.6) is 0 Å². The predicted molar refractivity (Wildman–Crippen MR) is 132 cm³/mol. The zero-order valence-corrected chi connectivity index (χ0v) is 21.4. The molecule has 5 N–H and O–H groups in total. The number of carbonyl (C=O) groups is 4. The van der Waals surface area contributed by atoms with E-state index in [0.29, 0.717) is 18.8 Å². The van der Waals surface area contributed by atoms with Gasteiger partial charge in [0.2, 0.25) is 17.7 Å². The first-order valence-electron chi connectivity index (χ1n) is 12.4. The van der Waals surface area contributed by atoms with Gasteiger partial charge >= 0.3 is 0 Å². The van der Waals surface area contributed by atoms with Gasteiger partial charge < -0.3 is 21.7 Å². The van der Waals surface area contributed by atoms with Gasteiger partial charge in [-0.15, -0.1) is 0 Å². The topological polar surface area (TPSA) is 130 Å². The Balaban J connectivity index is 2.26. The van der Waals surface area contributed by atoms with Gasteiger partial charge in [-0.25, -0.2) is 0 Å². The van der Waals surface area contributed by atoms with E-state index in [1.54, 1.807) is 18.7 Å². The van der Waals surface area contributed by atoms with Gasteiger partial charge in [0.15, 0.2) is 5.78 Å². The highest BCUT2D eigenvalue weighted by molar-refractivity contribution is 8.07. The van der Waals surface area contributed by atoms with E-state index in [-0.39, 0.29) is 47.6 Å². The summed E-state index contributed by atoms with van der Waals surface area (Å²) < 4.78 is 0. The third-order valence-electron chi connectivity index (χ3n) is 6.83. The molecule has 8 nitrogen and oxygen atoms in total. The molecule has 1 aliphatic carbocycles. The van der Waals surface area contributed by atoms with Crippen LogP contribution in [0, 0.1) is 11.8 Å². The highest BCUT2D eigenvalue weighted by atomic mass is 32.2. The van der Waals surface area contributed by atoms with Crippen molar-refractivity contribution in [3.63, 3.8) is 0 Å². The summed E-state index contributed by atoms with van der Waals surface area (Å²) in [5.41, 5.74) is 4.72. The van der Waals surface area contributed by atoms with E-state index in [9.17, 15) is 19.2 Å². The number of Topliss-reactive ketones (excluding diaryl/α,β-unsaturated/α-hetero) is 1. The van der Waals surface area contributed by atoms with Crippen LogP contribution in [-0.4, -0.2) is 58.7 Å². The molecule has 2 rings (SSSR count). The molecule has 1 saturated carbocycles. The summed E-state index contributed by atoms with van der Waals surface area (Å²) in [4.78, 5) is 51.4. The molecule has 1 aliphatic heterocycles. The number of nitrogens with one attached hydrogen (secondary N) is 3. The Bertz CT molecular complexity index is 707. The number of rotatable bonds is 13. The average molecular weight is 483 g/mol. The zero-order valence-electron chi connectivity index (χ0n) is 20.6. The normalized spacial score (nSPS) is 22.1. The smallest absolute Gasteiger partial charge is 0.247 e. The second-order valence-electron chi connectivity index (χ2n) is 9.84. The SMILES string of the molecule is CCC(=O)NC(CCN)(C(=O)N[C@@H](CC1CCCCC1)C(=O)N[C@H](C(C)=O)C(C)C)C1CS1. The summed E-state index contributed by atoms with van der Waals surface area (Å²) in [7, 11) is 0. The van der Waals surface area contributed by atoms with Gasteiger partial charge in [-0.3, -0.25) is 19.2 Å². The number of hydrogen-bond donors (Lipinski definition) is 4. The molecule has 0 aromatic carbocycles. The molecule has 0 aromatic heterocycles. The largest absolute Gasteiger partial charge is 0.344 e. The highest BCUT2D eigenvalue weighted by Gasteiger charge is 2.53. The number of nitrogens with two attached hydrogens (primary N) is 1. The summed E-state index contributed by atoms with van der Waals surface area (Å²) in [5, 5.41) is 8.72. The van der Waals surface area contributed by atoms with E-state index in [2.05, 4.69) is 16.0 Å². The van der Waals surface area contributed by atoms with Crippen LogP contribution in [0.4, 0.5) is 0 Å². The van der Waals surface area contributed by atoms with Crippen LogP contribution >= 0.6 is 11.8 Å². The number of carbonyl (C=O) groups excluding carboxylic acids is 4. The van der Waals surface area contributed by atoms with E-state index >= 15 is 0 Å². The van der Waals surface area contributed by atoms with E-state index in [4.69, 9.17) is 5.73 Å². The second-order valence-corrected chi connectivity index (χ2v) is 11.1. The minimum absolute atomic E-state index is 0.0551. The first-order valence-corrected chi connectivity index (χ1v) is 13.4. The summed E-state index contributed by atoms with van der Waals surface area (Å²) in [6.07, 6.45) is 6.59. The molecule has 4 atom stereocenters. The van der Waals surface area contributed by atoms with Crippen LogP contribution < -0.4 is 21.7 Å². The number of ketones is 1. The molecule has 2 fully saturated rings. The van der Waals surface area contributed by atoms with Crippen molar-refractivity contribution < 1.29 is 19.2 Å². The molecule has 9 heteroatoms. The van der Waals surface area contributed by atoms with Crippen LogP contribution in [-0.2, 0) is 19.2 Å². The van der Waals surface area contributed by atoms with Crippen molar-refractivity contribution >= 4 is 35.3 Å². The Hall–Kier alpha value is -1.61. The molecule has 0 bridgehead atoms. The summed E-state index contributed by atoms with van der Waals surface area (Å²) in [6.45, 7) is 7.23. The van der Waals surface area contributed by atoms with E-state index < -0.39 is 17.6 Å². The molecule has 33 heavy (non-hydrogen) atoms.